The molecule has 0 aliphatic heterocycles. The van der Waals surface area contributed by atoms with Crippen LogP contribution in [0.1, 0.15) is 52.4 Å². The third-order valence-electron chi connectivity index (χ3n) is 2.53. The molecule has 0 aromatic heterocycles. The molecule has 0 aliphatic rings. The van der Waals surface area contributed by atoms with Crippen molar-refractivity contribution in [2.45, 2.75) is 52.4 Å². The average molecular weight is 319 g/mol. The summed E-state index contributed by atoms with van der Waals surface area (Å²) >= 11 is 3.09. The lowest BCUT2D eigenvalue weighted by molar-refractivity contribution is -0.140. The number of carbonyl (C=O) groups is 2. The molecular weight excluding hydrogens is 296 g/mol. The van der Waals surface area contributed by atoms with E-state index in [0.717, 1.165) is 38.5 Å². The highest BCUT2D eigenvalue weighted by molar-refractivity contribution is 9.09. The van der Waals surface area contributed by atoms with E-state index >= 15 is 0 Å². The fraction of sp³-hybridized carbons (Fsp3) is 0.714. The highest BCUT2D eigenvalue weighted by Crippen LogP contribution is 2.08. The second kappa shape index (κ2) is 11.5. The van der Waals surface area contributed by atoms with Gasteiger partial charge in [0.05, 0.1) is 17.5 Å². The smallest absolute Gasteiger partial charge is 0.341 e. The number of allylic oxidation sites excluding steroid dienone is 1. The van der Waals surface area contributed by atoms with Crippen LogP contribution in [0.25, 0.3) is 0 Å². The molecule has 0 fully saturated rings. The Hall–Kier alpha value is -0.640. The lowest BCUT2D eigenvalue weighted by Gasteiger charge is -2.06. The zero-order valence-electron chi connectivity index (χ0n) is 11.3. The maximum absolute atomic E-state index is 11.7. The van der Waals surface area contributed by atoms with Crippen LogP contribution in [0, 0.1) is 0 Å². The van der Waals surface area contributed by atoms with Crippen molar-refractivity contribution in [1.82, 2.24) is 0 Å². The van der Waals surface area contributed by atoms with Gasteiger partial charge in [0.2, 0.25) is 0 Å². The Balaban J connectivity index is 4.37. The third kappa shape index (κ3) is 7.64. The number of ketones is 1. The number of hydrogen-bond acceptors (Lipinski definition) is 3. The number of unbranched alkanes of at least 4 members (excludes halogenated alkanes) is 4. The molecule has 0 heterocycles. The van der Waals surface area contributed by atoms with Crippen molar-refractivity contribution in [3.05, 3.63) is 11.6 Å². The first-order valence-electron chi connectivity index (χ1n) is 6.63. The Labute approximate surface area is 118 Å². The largest absolute Gasteiger partial charge is 0.462 e. The van der Waals surface area contributed by atoms with E-state index in [0.29, 0.717) is 6.61 Å². The Morgan fingerprint density at radius 2 is 1.78 bits per heavy atom. The molecule has 0 atom stereocenters. The van der Waals surface area contributed by atoms with Crippen molar-refractivity contribution in [2.75, 3.05) is 11.9 Å². The molecule has 104 valence electrons. The van der Waals surface area contributed by atoms with Crippen LogP contribution in [0.5, 0.6) is 0 Å². The lowest BCUT2D eigenvalue weighted by atomic mass is 10.1. The summed E-state index contributed by atoms with van der Waals surface area (Å²) in [4.78, 5) is 23.4. The summed E-state index contributed by atoms with van der Waals surface area (Å²) in [7, 11) is 0. The summed E-state index contributed by atoms with van der Waals surface area (Å²) in [5.41, 5.74) is 0.194. The van der Waals surface area contributed by atoms with E-state index in [1.54, 1.807) is 6.08 Å². The minimum Gasteiger partial charge on any atom is -0.462 e. The number of Topliss-reactive ketones (excluding diaryl/α,β-unsaturated/α-hetero) is 1. The second-order valence-electron chi connectivity index (χ2n) is 4.16. The number of esters is 1. The summed E-state index contributed by atoms with van der Waals surface area (Å²) in [6.07, 6.45) is 7.50. The molecule has 0 aromatic rings. The van der Waals surface area contributed by atoms with Gasteiger partial charge < -0.3 is 4.74 Å². The summed E-state index contributed by atoms with van der Waals surface area (Å²) < 4.78 is 5.08. The van der Waals surface area contributed by atoms with E-state index in [4.69, 9.17) is 4.74 Å². The fourth-order valence-electron chi connectivity index (χ4n) is 1.41. The van der Waals surface area contributed by atoms with Crippen molar-refractivity contribution >= 4 is 27.7 Å². The van der Waals surface area contributed by atoms with Gasteiger partial charge in [-0.05, 0) is 19.3 Å². The number of alkyl halides is 1. The Kier molecular flexibility index (Phi) is 11.0. The SMILES string of the molecule is CCCCC/C=C(\C(=O)CBr)C(=O)OCCCC. The van der Waals surface area contributed by atoms with E-state index < -0.39 is 5.97 Å². The van der Waals surface area contributed by atoms with Crippen LogP contribution in [-0.4, -0.2) is 23.7 Å². The quantitative estimate of drug-likeness (QED) is 0.154. The van der Waals surface area contributed by atoms with Crippen LogP contribution in [0.3, 0.4) is 0 Å². The van der Waals surface area contributed by atoms with E-state index in [1.165, 1.54) is 0 Å². The van der Waals surface area contributed by atoms with Gasteiger partial charge in [0.25, 0.3) is 0 Å². The molecule has 4 heteroatoms. The van der Waals surface area contributed by atoms with Crippen LogP contribution in [0.4, 0.5) is 0 Å². The number of rotatable bonds is 10. The number of ether oxygens (including phenoxy) is 1. The monoisotopic (exact) mass is 318 g/mol. The zero-order chi connectivity index (χ0) is 13.8. The minimum atomic E-state index is -0.482. The fourth-order valence-corrected chi connectivity index (χ4v) is 1.71. The molecule has 0 saturated carbocycles. The highest BCUT2D eigenvalue weighted by Gasteiger charge is 2.17. The van der Waals surface area contributed by atoms with Gasteiger partial charge in [-0.3, -0.25) is 4.79 Å². The molecule has 18 heavy (non-hydrogen) atoms. The van der Waals surface area contributed by atoms with Gasteiger partial charge in [0.1, 0.15) is 0 Å². The first-order valence-corrected chi connectivity index (χ1v) is 7.75. The van der Waals surface area contributed by atoms with Crippen molar-refractivity contribution in [3.63, 3.8) is 0 Å². The van der Waals surface area contributed by atoms with Crippen molar-refractivity contribution in [1.29, 1.82) is 0 Å². The highest BCUT2D eigenvalue weighted by atomic mass is 79.9. The molecule has 0 bridgehead atoms. The van der Waals surface area contributed by atoms with Gasteiger partial charge in [-0.15, -0.1) is 0 Å². The van der Waals surface area contributed by atoms with Crippen LogP contribution < -0.4 is 0 Å². The molecule has 0 N–H and O–H groups in total. The lowest BCUT2D eigenvalue weighted by Crippen LogP contribution is -2.17. The normalized spacial score (nSPS) is 11.4. The molecule has 3 nitrogen and oxygen atoms in total. The second-order valence-corrected chi connectivity index (χ2v) is 4.72. The number of halogens is 1. The molecule has 0 spiro atoms. The van der Waals surface area contributed by atoms with Gasteiger partial charge in [0, 0.05) is 0 Å². The molecule has 0 unspecified atom stereocenters. The van der Waals surface area contributed by atoms with E-state index in [9.17, 15) is 9.59 Å². The summed E-state index contributed by atoms with van der Waals surface area (Å²) in [5, 5.41) is 0.162. The number of carbonyl (C=O) groups excluding carboxylic acids is 2. The van der Waals surface area contributed by atoms with Gasteiger partial charge >= 0.3 is 5.97 Å². The molecule has 0 saturated heterocycles. The van der Waals surface area contributed by atoms with Crippen molar-refractivity contribution in [2.24, 2.45) is 0 Å². The first kappa shape index (κ1) is 17.4. The molecular formula is C14H23BrO3. The van der Waals surface area contributed by atoms with Crippen molar-refractivity contribution < 1.29 is 14.3 Å². The van der Waals surface area contributed by atoms with Gasteiger partial charge in [-0.25, -0.2) is 4.79 Å². The van der Waals surface area contributed by atoms with Crippen LogP contribution in [0.2, 0.25) is 0 Å². The number of hydrogen-bond donors (Lipinski definition) is 0. The van der Waals surface area contributed by atoms with Crippen LogP contribution in [0.15, 0.2) is 11.6 Å². The van der Waals surface area contributed by atoms with E-state index in [-0.39, 0.29) is 16.7 Å². The van der Waals surface area contributed by atoms with Gasteiger partial charge in [0.15, 0.2) is 5.78 Å². The molecule has 0 amide bonds. The Morgan fingerprint density at radius 1 is 1.11 bits per heavy atom. The van der Waals surface area contributed by atoms with Crippen LogP contribution in [-0.2, 0) is 14.3 Å². The maximum atomic E-state index is 11.7. The molecule has 0 aromatic carbocycles. The van der Waals surface area contributed by atoms with Crippen LogP contribution >= 0.6 is 15.9 Å². The summed E-state index contributed by atoms with van der Waals surface area (Å²) in [6, 6.07) is 0. The van der Waals surface area contributed by atoms with Crippen molar-refractivity contribution in [3.8, 4) is 0 Å². The maximum Gasteiger partial charge on any atom is 0.341 e. The standard InChI is InChI=1S/C14H23BrO3/c1-3-5-7-8-9-12(13(16)11-15)14(17)18-10-6-4-2/h9H,3-8,10-11H2,1-2H3/b12-9+. The predicted octanol–water partition coefficient (Wildman–Crippen LogP) is 3.80. The molecule has 0 rings (SSSR count). The topological polar surface area (TPSA) is 43.4 Å². The Morgan fingerprint density at radius 3 is 2.33 bits per heavy atom. The predicted molar refractivity (Wildman–Crippen MR) is 76.9 cm³/mol. The van der Waals surface area contributed by atoms with Gasteiger partial charge in [-0.2, -0.15) is 0 Å². The molecule has 0 aliphatic carbocycles. The van der Waals surface area contributed by atoms with E-state index in [2.05, 4.69) is 22.9 Å². The summed E-state index contributed by atoms with van der Waals surface area (Å²) in [6.45, 7) is 4.53. The first-order chi connectivity index (χ1) is 8.67. The van der Waals surface area contributed by atoms with Gasteiger partial charge in [-0.1, -0.05) is 55.1 Å². The van der Waals surface area contributed by atoms with E-state index in [1.807, 2.05) is 6.92 Å². The summed E-state index contributed by atoms with van der Waals surface area (Å²) in [5.74, 6) is -0.683. The minimum absolute atomic E-state index is 0.162. The third-order valence-corrected chi connectivity index (χ3v) is 3.04. The molecule has 0 radical (unpaired) electrons. The Bertz CT molecular complexity index is 285. The average Bonchev–Trinajstić information content (AvgIpc) is 2.38. The zero-order valence-corrected chi connectivity index (χ0v) is 12.9.